The largest absolute Gasteiger partial charge is 0.488 e. The van der Waals surface area contributed by atoms with Crippen molar-refractivity contribution in [3.63, 3.8) is 0 Å². The molecule has 9 nitrogen and oxygen atoms in total. The number of aromatic nitrogens is 1. The molecule has 2 N–H and O–H groups in total. The molecule has 1 aliphatic carbocycles. The lowest BCUT2D eigenvalue weighted by atomic mass is 10.0. The highest BCUT2D eigenvalue weighted by Crippen LogP contribution is 2.54. The zero-order valence-electron chi connectivity index (χ0n) is 28.3. The van der Waals surface area contributed by atoms with Gasteiger partial charge in [-0.05, 0) is 55.9 Å². The minimum Gasteiger partial charge on any atom is -0.488 e. The highest BCUT2D eigenvalue weighted by atomic mass is 19.4. The van der Waals surface area contributed by atoms with Crippen LogP contribution in [0.25, 0.3) is 0 Å². The number of hydrogen-bond acceptors (Lipinski definition) is 9. The average Bonchev–Trinajstić information content (AvgIpc) is 3.68. The molecule has 2 fully saturated rings. The highest BCUT2D eigenvalue weighted by Gasteiger charge is 2.58. The van der Waals surface area contributed by atoms with Gasteiger partial charge in [0, 0.05) is 75.0 Å². The van der Waals surface area contributed by atoms with Crippen molar-refractivity contribution < 1.29 is 32.2 Å². The van der Waals surface area contributed by atoms with Crippen LogP contribution in [0.3, 0.4) is 0 Å². The fraction of sp³-hybridized carbons (Fsp3) is 0.472. The molecule has 1 aromatic heterocycles. The number of hydrogen-bond donors (Lipinski definition) is 2. The van der Waals surface area contributed by atoms with E-state index in [2.05, 4.69) is 33.5 Å². The third kappa shape index (κ3) is 8.72. The number of nitrogens with zero attached hydrogens (tertiary/aromatic N) is 3. The Kier molecular flexibility index (Phi) is 13.0. The molecular weight excluding hydrogens is 623 g/mol. The predicted octanol–water partition coefficient (Wildman–Crippen LogP) is 6.17. The summed E-state index contributed by atoms with van der Waals surface area (Å²) in [5, 5.41) is 6.35. The average molecular weight is 670 g/mol. The number of fused-ring (bicyclic) bond motifs is 3. The lowest BCUT2D eigenvalue weighted by Crippen LogP contribution is -2.45. The third-order valence-electron chi connectivity index (χ3n) is 8.76. The molecule has 2 aromatic carbocycles. The van der Waals surface area contributed by atoms with E-state index in [1.54, 1.807) is 6.20 Å². The molecular formula is C36H46F3N5O4. The molecule has 3 atom stereocenters. The number of anilines is 1. The molecule has 12 heteroatoms. The summed E-state index contributed by atoms with van der Waals surface area (Å²) in [5.74, 6) is 3.58. The standard InChI is InChI=1S/C19H21N3O3.C15H19F3N2O.C2H6/c1-20-17-16-13-10-11(5-6-14(13)25-18(16)17)24-15-7-8-22-19(21-2)12(15)4-3-9-23;1-2-19-5-7-20(8-6-19)10-13-4-3-12(11-21)9-14(13)15(16,17)18;1-2/h5-10,16-18,20H,3-4H2,1-2H3,(H,21,22);3-4,9,11H,2,5-8,10H2,1H3;1-2H3/t16-,17?,18-;;/m1../s1. The molecule has 0 spiro atoms. The van der Waals surface area contributed by atoms with Gasteiger partial charge in [-0.3, -0.25) is 9.69 Å². The first-order chi connectivity index (χ1) is 23.2. The summed E-state index contributed by atoms with van der Waals surface area (Å²) in [6.07, 6.45) is -0.107. The Bertz CT molecular complexity index is 1530. The Balaban J connectivity index is 0.000000210. The SMILES string of the molecule is CC.CCN1CCN(Cc2ccc(C=O)cc2C(F)(F)F)CC1.CNc1nccc(Oc2ccc3c(c2)[C@@H]2C(NC)[C@@H]2O3)c1CCC=O. The number of aldehydes is 2. The fourth-order valence-electron chi connectivity index (χ4n) is 6.18. The first-order valence-corrected chi connectivity index (χ1v) is 16.6. The summed E-state index contributed by atoms with van der Waals surface area (Å²) in [4.78, 5) is 30.1. The molecule has 0 amide bonds. The van der Waals surface area contributed by atoms with Crippen LogP contribution in [0.1, 0.15) is 65.7 Å². The summed E-state index contributed by atoms with van der Waals surface area (Å²) in [5.41, 5.74) is 1.69. The molecule has 3 aromatic rings. The number of pyridine rings is 1. The first kappa shape index (κ1) is 36.8. The normalized spacial score (nSPS) is 19.7. The topological polar surface area (TPSA) is 96.0 Å². The Morgan fingerprint density at radius 2 is 1.75 bits per heavy atom. The molecule has 3 heterocycles. The van der Waals surface area contributed by atoms with Crippen molar-refractivity contribution in [2.75, 3.05) is 52.1 Å². The maximum atomic E-state index is 13.1. The summed E-state index contributed by atoms with van der Waals surface area (Å²) >= 11 is 0. The molecule has 0 radical (unpaired) electrons. The number of piperazine rings is 1. The van der Waals surface area contributed by atoms with Gasteiger partial charge < -0.3 is 29.8 Å². The molecule has 3 aliphatic rings. The lowest BCUT2D eigenvalue weighted by Gasteiger charge is -2.34. The van der Waals surface area contributed by atoms with E-state index in [0.29, 0.717) is 31.1 Å². The van der Waals surface area contributed by atoms with Crippen LogP contribution in [0.2, 0.25) is 0 Å². The van der Waals surface area contributed by atoms with E-state index in [1.165, 1.54) is 17.7 Å². The van der Waals surface area contributed by atoms with Crippen molar-refractivity contribution in [3.05, 3.63) is 76.5 Å². The Morgan fingerprint density at radius 1 is 1.02 bits per heavy atom. The van der Waals surface area contributed by atoms with E-state index in [-0.39, 0.29) is 23.8 Å². The number of nitrogens with one attached hydrogen (secondary N) is 2. The van der Waals surface area contributed by atoms with E-state index in [9.17, 15) is 22.8 Å². The van der Waals surface area contributed by atoms with Gasteiger partial charge in [-0.1, -0.05) is 32.9 Å². The fourth-order valence-corrected chi connectivity index (χ4v) is 6.18. The van der Waals surface area contributed by atoms with E-state index in [1.807, 2.05) is 51.0 Å². The van der Waals surface area contributed by atoms with E-state index in [4.69, 9.17) is 9.47 Å². The molecule has 1 saturated carbocycles. The van der Waals surface area contributed by atoms with Gasteiger partial charge >= 0.3 is 6.18 Å². The number of rotatable bonds is 11. The number of carbonyl (C=O) groups is 2. The molecule has 48 heavy (non-hydrogen) atoms. The number of ether oxygens (including phenoxy) is 2. The summed E-state index contributed by atoms with van der Waals surface area (Å²) < 4.78 is 51.3. The summed E-state index contributed by atoms with van der Waals surface area (Å²) in [7, 11) is 3.77. The maximum Gasteiger partial charge on any atom is 0.416 e. The monoisotopic (exact) mass is 669 g/mol. The van der Waals surface area contributed by atoms with Crippen LogP contribution >= 0.6 is 0 Å². The van der Waals surface area contributed by atoms with Crippen LogP contribution in [0.4, 0.5) is 19.0 Å². The minimum absolute atomic E-state index is 0.0573. The molecule has 6 rings (SSSR count). The number of halogens is 3. The second kappa shape index (κ2) is 16.9. The van der Waals surface area contributed by atoms with Crippen LogP contribution in [0.15, 0.2) is 48.7 Å². The smallest absolute Gasteiger partial charge is 0.416 e. The van der Waals surface area contributed by atoms with Crippen LogP contribution in [0.5, 0.6) is 17.2 Å². The third-order valence-corrected chi connectivity index (χ3v) is 8.76. The van der Waals surface area contributed by atoms with Gasteiger partial charge in [0.2, 0.25) is 0 Å². The molecule has 2 aliphatic heterocycles. The summed E-state index contributed by atoms with van der Waals surface area (Å²) in [6, 6.07) is 12.0. The van der Waals surface area contributed by atoms with Gasteiger partial charge in [-0.2, -0.15) is 13.2 Å². The lowest BCUT2D eigenvalue weighted by molar-refractivity contribution is -0.138. The van der Waals surface area contributed by atoms with Crippen molar-refractivity contribution in [1.82, 2.24) is 20.1 Å². The van der Waals surface area contributed by atoms with E-state index >= 15 is 0 Å². The zero-order chi connectivity index (χ0) is 34.8. The van der Waals surface area contributed by atoms with Crippen LogP contribution in [-0.2, 0) is 23.9 Å². The minimum atomic E-state index is -4.43. The highest BCUT2D eigenvalue weighted by molar-refractivity contribution is 5.75. The van der Waals surface area contributed by atoms with Gasteiger partial charge in [0.05, 0.1) is 11.6 Å². The van der Waals surface area contributed by atoms with Crippen LogP contribution in [0, 0.1) is 0 Å². The van der Waals surface area contributed by atoms with Crippen molar-refractivity contribution in [2.24, 2.45) is 0 Å². The molecule has 1 saturated heterocycles. The van der Waals surface area contributed by atoms with Crippen molar-refractivity contribution in [2.45, 2.75) is 64.4 Å². The molecule has 260 valence electrons. The number of benzene rings is 2. The van der Waals surface area contributed by atoms with Gasteiger partial charge in [0.15, 0.2) is 0 Å². The molecule has 0 bridgehead atoms. The van der Waals surface area contributed by atoms with Gasteiger partial charge in [0.25, 0.3) is 0 Å². The number of likely N-dealkylation sites (N-methyl/N-ethyl adjacent to an activating group) is 2. The van der Waals surface area contributed by atoms with E-state index < -0.39 is 11.7 Å². The van der Waals surface area contributed by atoms with Crippen molar-refractivity contribution >= 4 is 18.4 Å². The van der Waals surface area contributed by atoms with Gasteiger partial charge in [0.1, 0.15) is 41.7 Å². The van der Waals surface area contributed by atoms with Gasteiger partial charge in [-0.25, -0.2) is 4.98 Å². The van der Waals surface area contributed by atoms with Crippen molar-refractivity contribution in [3.8, 4) is 17.2 Å². The second-order valence-electron chi connectivity index (χ2n) is 11.6. The van der Waals surface area contributed by atoms with Crippen LogP contribution < -0.4 is 20.1 Å². The number of alkyl halides is 3. The number of carbonyl (C=O) groups excluding carboxylic acids is 2. The zero-order valence-corrected chi connectivity index (χ0v) is 28.3. The van der Waals surface area contributed by atoms with Crippen molar-refractivity contribution in [1.29, 1.82) is 0 Å². The quantitative estimate of drug-likeness (QED) is 0.232. The second-order valence-corrected chi connectivity index (χ2v) is 11.6. The van der Waals surface area contributed by atoms with E-state index in [0.717, 1.165) is 73.7 Å². The van der Waals surface area contributed by atoms with Crippen LogP contribution in [-0.4, -0.2) is 86.3 Å². The first-order valence-electron chi connectivity index (χ1n) is 16.6. The van der Waals surface area contributed by atoms with Gasteiger partial charge in [-0.15, -0.1) is 0 Å². The maximum absolute atomic E-state index is 13.1. The molecule has 1 unspecified atom stereocenters. The Hall–Kier alpha value is -4.00. The Labute approximate surface area is 280 Å². The summed E-state index contributed by atoms with van der Waals surface area (Å²) in [6.45, 7) is 10.6. The predicted molar refractivity (Wildman–Crippen MR) is 180 cm³/mol. The Morgan fingerprint density at radius 3 is 2.38 bits per heavy atom.